The molecule has 70 valence electrons. The highest BCUT2D eigenvalue weighted by Gasteiger charge is 2.56. The molecule has 0 amide bonds. The van der Waals surface area contributed by atoms with Crippen molar-refractivity contribution in [3.05, 3.63) is 12.2 Å². The van der Waals surface area contributed by atoms with E-state index in [2.05, 4.69) is 6.08 Å². The summed E-state index contributed by atoms with van der Waals surface area (Å²) in [5, 5.41) is -0.449. The van der Waals surface area contributed by atoms with Gasteiger partial charge in [-0.2, -0.15) is 0 Å². The van der Waals surface area contributed by atoms with Gasteiger partial charge in [-0.1, -0.05) is 12.2 Å². The van der Waals surface area contributed by atoms with Gasteiger partial charge >= 0.3 is 0 Å². The largest absolute Gasteiger partial charge is 0.361 e. The highest BCUT2D eigenvalue weighted by Crippen LogP contribution is 2.49. The molecule has 1 saturated heterocycles. The molecule has 0 aromatic heterocycles. The number of rotatable bonds is 0. The molecule has 0 N–H and O–H groups in total. The van der Waals surface area contributed by atoms with Gasteiger partial charge in [0.2, 0.25) is 0 Å². The Hall–Kier alpha value is -0.340. The van der Waals surface area contributed by atoms with E-state index in [1.54, 1.807) is 0 Å². The molecule has 2 aliphatic heterocycles. The Morgan fingerprint density at radius 3 is 3.31 bits per heavy atom. The van der Waals surface area contributed by atoms with Crippen molar-refractivity contribution < 1.29 is 9.53 Å². The number of hydrogen-bond donors (Lipinski definition) is 0. The second kappa shape index (κ2) is 2.37. The molecule has 1 saturated carbocycles. The Morgan fingerprint density at radius 2 is 2.46 bits per heavy atom. The van der Waals surface area contributed by atoms with Crippen molar-refractivity contribution in [1.29, 1.82) is 0 Å². The highest BCUT2D eigenvalue weighted by molar-refractivity contribution is 6.32. The molecule has 2 bridgehead atoms. The standard InChI is InChI=1S/C10H11ClO2/c11-8-7-3-5-10(13-7)4-1-2-6(10)9(8)12/h3,5-8H,1-2,4H2/t6-,7+,8-,10-/m0/s1. The molecule has 3 aliphatic rings. The summed E-state index contributed by atoms with van der Waals surface area (Å²) in [6.45, 7) is 0. The van der Waals surface area contributed by atoms with Gasteiger partial charge in [-0.15, -0.1) is 11.6 Å². The smallest absolute Gasteiger partial charge is 0.159 e. The summed E-state index contributed by atoms with van der Waals surface area (Å²) < 4.78 is 5.83. The van der Waals surface area contributed by atoms with E-state index < -0.39 is 5.38 Å². The molecular weight excluding hydrogens is 188 g/mol. The van der Waals surface area contributed by atoms with Crippen LogP contribution in [0, 0.1) is 5.92 Å². The van der Waals surface area contributed by atoms with Crippen molar-refractivity contribution in [2.45, 2.75) is 36.3 Å². The van der Waals surface area contributed by atoms with Gasteiger partial charge in [-0.05, 0) is 19.3 Å². The van der Waals surface area contributed by atoms with Gasteiger partial charge in [0.05, 0.1) is 11.5 Å². The lowest BCUT2D eigenvalue weighted by atomic mass is 9.85. The molecule has 13 heavy (non-hydrogen) atoms. The maximum atomic E-state index is 11.8. The van der Waals surface area contributed by atoms with Crippen molar-refractivity contribution in [2.24, 2.45) is 5.92 Å². The average molecular weight is 199 g/mol. The third kappa shape index (κ3) is 0.856. The molecule has 1 aliphatic carbocycles. The quantitative estimate of drug-likeness (QED) is 0.437. The van der Waals surface area contributed by atoms with Crippen molar-refractivity contribution in [3.63, 3.8) is 0 Å². The van der Waals surface area contributed by atoms with Crippen LogP contribution in [0.4, 0.5) is 0 Å². The molecule has 3 heteroatoms. The first kappa shape index (κ1) is 8.01. The van der Waals surface area contributed by atoms with E-state index in [0.29, 0.717) is 0 Å². The maximum absolute atomic E-state index is 11.8. The number of halogens is 1. The van der Waals surface area contributed by atoms with Crippen LogP contribution in [-0.4, -0.2) is 22.9 Å². The number of Topliss-reactive ketones (excluding diaryl/α,β-unsaturated/α-hetero) is 1. The SMILES string of the molecule is O=C1[C@@H](Cl)[C@H]2C=C[C@]3(CCC[C@@H]13)O2. The zero-order valence-electron chi connectivity index (χ0n) is 7.20. The monoisotopic (exact) mass is 198 g/mol. The van der Waals surface area contributed by atoms with Crippen LogP contribution in [0.15, 0.2) is 12.2 Å². The van der Waals surface area contributed by atoms with Crippen molar-refractivity contribution in [2.75, 3.05) is 0 Å². The minimum absolute atomic E-state index is 0.0324. The summed E-state index contributed by atoms with van der Waals surface area (Å²) >= 11 is 6.00. The summed E-state index contributed by atoms with van der Waals surface area (Å²) in [4.78, 5) is 11.8. The highest BCUT2D eigenvalue weighted by atomic mass is 35.5. The van der Waals surface area contributed by atoms with E-state index >= 15 is 0 Å². The van der Waals surface area contributed by atoms with E-state index in [-0.39, 0.29) is 23.4 Å². The number of carbonyl (C=O) groups is 1. The van der Waals surface area contributed by atoms with Crippen LogP contribution in [-0.2, 0) is 9.53 Å². The van der Waals surface area contributed by atoms with Crippen LogP contribution in [0.5, 0.6) is 0 Å². The summed E-state index contributed by atoms with van der Waals surface area (Å²) in [5.74, 6) is 0.227. The van der Waals surface area contributed by atoms with E-state index in [9.17, 15) is 4.79 Å². The lowest BCUT2D eigenvalue weighted by Crippen LogP contribution is -2.49. The number of fused-ring (bicyclic) bond motifs is 1. The molecule has 2 fully saturated rings. The van der Waals surface area contributed by atoms with Crippen molar-refractivity contribution >= 4 is 17.4 Å². The first-order valence-electron chi connectivity index (χ1n) is 4.78. The fraction of sp³-hybridized carbons (Fsp3) is 0.700. The molecule has 4 atom stereocenters. The molecule has 0 unspecified atom stereocenters. The zero-order chi connectivity index (χ0) is 9.05. The molecule has 0 aromatic carbocycles. The van der Waals surface area contributed by atoms with E-state index in [1.807, 2.05) is 6.08 Å². The summed E-state index contributed by atoms with van der Waals surface area (Å²) in [7, 11) is 0. The van der Waals surface area contributed by atoms with Gasteiger partial charge in [0, 0.05) is 0 Å². The van der Waals surface area contributed by atoms with Crippen LogP contribution in [0.1, 0.15) is 19.3 Å². The third-order valence-corrected chi connectivity index (χ3v) is 3.94. The van der Waals surface area contributed by atoms with E-state index in [1.165, 1.54) is 0 Å². The second-order valence-electron chi connectivity index (χ2n) is 4.15. The van der Waals surface area contributed by atoms with Gasteiger partial charge in [-0.25, -0.2) is 0 Å². The molecule has 2 nitrogen and oxygen atoms in total. The predicted octanol–water partition coefficient (Wildman–Crippen LogP) is 1.67. The molecule has 0 radical (unpaired) electrons. The molecular formula is C10H11ClO2. The predicted molar refractivity (Wildman–Crippen MR) is 48.7 cm³/mol. The summed E-state index contributed by atoms with van der Waals surface area (Å²) in [6.07, 6.45) is 6.87. The Bertz CT molecular complexity index is 299. The van der Waals surface area contributed by atoms with E-state index in [0.717, 1.165) is 19.3 Å². The lowest BCUT2D eigenvalue weighted by molar-refractivity contribution is -0.144. The summed E-state index contributed by atoms with van der Waals surface area (Å²) in [6, 6.07) is 0. The number of ether oxygens (including phenoxy) is 1. The fourth-order valence-electron chi connectivity index (χ4n) is 2.83. The van der Waals surface area contributed by atoms with Crippen molar-refractivity contribution in [1.82, 2.24) is 0 Å². The Kier molecular flexibility index (Phi) is 1.46. The van der Waals surface area contributed by atoms with Gasteiger partial charge < -0.3 is 4.74 Å². The normalized spacial score (nSPS) is 52.7. The van der Waals surface area contributed by atoms with Gasteiger partial charge in [0.25, 0.3) is 0 Å². The second-order valence-corrected chi connectivity index (χ2v) is 4.62. The minimum Gasteiger partial charge on any atom is -0.361 e. The Labute approximate surface area is 81.9 Å². The van der Waals surface area contributed by atoms with Gasteiger partial charge in [0.1, 0.15) is 11.5 Å². The Balaban J connectivity index is 2.06. The van der Waals surface area contributed by atoms with E-state index in [4.69, 9.17) is 16.3 Å². The topological polar surface area (TPSA) is 26.3 Å². The van der Waals surface area contributed by atoms with Crippen molar-refractivity contribution in [3.8, 4) is 0 Å². The lowest BCUT2D eigenvalue weighted by Gasteiger charge is -2.37. The van der Waals surface area contributed by atoms with Crippen LogP contribution in [0.2, 0.25) is 0 Å². The first-order chi connectivity index (χ1) is 6.23. The molecule has 0 aromatic rings. The zero-order valence-corrected chi connectivity index (χ0v) is 7.96. The van der Waals surface area contributed by atoms with Crippen LogP contribution < -0.4 is 0 Å². The van der Waals surface area contributed by atoms with Crippen LogP contribution in [0.3, 0.4) is 0 Å². The molecule has 1 spiro atoms. The first-order valence-corrected chi connectivity index (χ1v) is 5.22. The number of hydrogen-bond acceptors (Lipinski definition) is 2. The third-order valence-electron chi connectivity index (χ3n) is 3.48. The molecule has 3 rings (SSSR count). The number of alkyl halides is 1. The number of carbonyl (C=O) groups excluding carboxylic acids is 1. The number of ketones is 1. The maximum Gasteiger partial charge on any atom is 0.159 e. The Morgan fingerprint density at radius 1 is 1.62 bits per heavy atom. The minimum atomic E-state index is -0.449. The summed E-state index contributed by atoms with van der Waals surface area (Å²) in [5.41, 5.74) is -0.257. The van der Waals surface area contributed by atoms with Gasteiger partial charge in [0.15, 0.2) is 5.78 Å². The van der Waals surface area contributed by atoms with Crippen LogP contribution in [0.25, 0.3) is 0 Å². The fourth-order valence-corrected chi connectivity index (χ4v) is 3.11. The average Bonchev–Trinajstić information content (AvgIpc) is 2.70. The van der Waals surface area contributed by atoms with Gasteiger partial charge in [-0.3, -0.25) is 4.79 Å². The molecule has 2 heterocycles. The van der Waals surface area contributed by atoms with Crippen LogP contribution >= 0.6 is 11.6 Å².